The lowest BCUT2D eigenvalue weighted by Crippen LogP contribution is -1.97. The van der Waals surface area contributed by atoms with Crippen LogP contribution in [0.25, 0.3) is 6.08 Å². The van der Waals surface area contributed by atoms with Crippen LogP contribution >= 0.6 is 0 Å². The largest absolute Gasteiger partial charge is 0.477 e. The van der Waals surface area contributed by atoms with Crippen LogP contribution in [0.4, 0.5) is 4.39 Å². The number of hydrogen-bond acceptors (Lipinski definition) is 2. The molecule has 1 aromatic rings. The van der Waals surface area contributed by atoms with E-state index in [2.05, 4.69) is 0 Å². The van der Waals surface area contributed by atoms with Crippen LogP contribution in [0.3, 0.4) is 0 Å². The Morgan fingerprint density at radius 1 is 1.50 bits per heavy atom. The fourth-order valence-electron chi connectivity index (χ4n) is 0.889. The lowest BCUT2D eigenvalue weighted by Gasteiger charge is -1.95. The van der Waals surface area contributed by atoms with E-state index in [1.165, 1.54) is 24.3 Å². The summed E-state index contributed by atoms with van der Waals surface area (Å²) in [7, 11) is 0. The molecule has 0 atom stereocenters. The molecule has 1 N–H and O–H groups in total. The molecule has 0 saturated carbocycles. The fourth-order valence-corrected chi connectivity index (χ4v) is 0.889. The molecule has 0 radical (unpaired) electrons. The summed E-state index contributed by atoms with van der Waals surface area (Å²) in [4.78, 5) is 10.4. The standard InChI is InChI=1S/C10H6FNO2/c11-9-4-2-1-3-7(9)5-8(6-12)10(13)14/h1-5H,(H,13,14)/b8-5-. The fraction of sp³-hybridized carbons (Fsp3) is 0. The van der Waals surface area contributed by atoms with Crippen molar-refractivity contribution in [3.63, 3.8) is 0 Å². The smallest absolute Gasteiger partial charge is 0.346 e. The normalized spacial score (nSPS) is 10.7. The second-order valence-electron chi connectivity index (χ2n) is 2.50. The molecule has 70 valence electrons. The molecule has 3 nitrogen and oxygen atoms in total. The van der Waals surface area contributed by atoms with Crippen LogP contribution in [0.15, 0.2) is 29.8 Å². The molecule has 1 rings (SSSR count). The summed E-state index contributed by atoms with van der Waals surface area (Å²) in [6.07, 6.45) is 0.998. The minimum Gasteiger partial charge on any atom is -0.477 e. The van der Waals surface area contributed by atoms with Crippen LogP contribution in [0, 0.1) is 17.1 Å². The molecule has 0 heterocycles. The van der Waals surface area contributed by atoms with Gasteiger partial charge in [-0.15, -0.1) is 0 Å². The number of carboxylic acid groups (broad SMARTS) is 1. The van der Waals surface area contributed by atoms with Gasteiger partial charge in [0.25, 0.3) is 0 Å². The minimum absolute atomic E-state index is 0.0893. The van der Waals surface area contributed by atoms with E-state index in [1.807, 2.05) is 0 Å². The topological polar surface area (TPSA) is 61.1 Å². The maximum Gasteiger partial charge on any atom is 0.346 e. The second kappa shape index (κ2) is 4.19. The quantitative estimate of drug-likeness (QED) is 0.572. The molecule has 0 fully saturated rings. The third-order valence-corrected chi connectivity index (χ3v) is 1.56. The SMILES string of the molecule is N#C/C(=C/c1ccccc1F)C(=O)O. The number of hydrogen-bond donors (Lipinski definition) is 1. The number of aliphatic carboxylic acids is 1. The highest BCUT2D eigenvalue weighted by atomic mass is 19.1. The predicted molar refractivity (Wildman–Crippen MR) is 47.6 cm³/mol. The number of benzene rings is 1. The molecule has 0 spiro atoms. The summed E-state index contributed by atoms with van der Waals surface area (Å²) in [5.41, 5.74) is -0.401. The van der Waals surface area contributed by atoms with Gasteiger partial charge in [-0.05, 0) is 12.1 Å². The molecular formula is C10H6FNO2. The average Bonchev–Trinajstić information content (AvgIpc) is 2.16. The van der Waals surface area contributed by atoms with Crippen molar-refractivity contribution < 1.29 is 14.3 Å². The van der Waals surface area contributed by atoms with Crippen molar-refractivity contribution >= 4 is 12.0 Å². The molecule has 14 heavy (non-hydrogen) atoms. The van der Waals surface area contributed by atoms with Gasteiger partial charge in [0.05, 0.1) is 0 Å². The first kappa shape index (κ1) is 9.93. The van der Waals surface area contributed by atoms with Crippen LogP contribution in [0.2, 0.25) is 0 Å². The van der Waals surface area contributed by atoms with E-state index in [9.17, 15) is 9.18 Å². The van der Waals surface area contributed by atoms with Crippen molar-refractivity contribution in [2.75, 3.05) is 0 Å². The third kappa shape index (κ3) is 2.17. The van der Waals surface area contributed by atoms with Gasteiger partial charge < -0.3 is 5.11 Å². The molecule has 0 aliphatic carbocycles. The maximum absolute atomic E-state index is 13.0. The van der Waals surface area contributed by atoms with Crippen molar-refractivity contribution in [2.45, 2.75) is 0 Å². The molecule has 0 amide bonds. The number of rotatable bonds is 2. The molecule has 0 aliphatic heterocycles. The monoisotopic (exact) mass is 191 g/mol. The Morgan fingerprint density at radius 3 is 2.64 bits per heavy atom. The van der Waals surface area contributed by atoms with Crippen molar-refractivity contribution in [3.8, 4) is 6.07 Å². The van der Waals surface area contributed by atoms with Crippen LogP contribution in [0.5, 0.6) is 0 Å². The Morgan fingerprint density at radius 2 is 2.14 bits per heavy atom. The molecular weight excluding hydrogens is 185 g/mol. The van der Waals surface area contributed by atoms with E-state index in [4.69, 9.17) is 10.4 Å². The molecule has 1 aromatic carbocycles. The molecule has 4 heteroatoms. The molecule has 0 bridgehead atoms. The van der Waals surface area contributed by atoms with Gasteiger partial charge in [0.1, 0.15) is 17.5 Å². The number of nitriles is 1. The highest BCUT2D eigenvalue weighted by molar-refractivity contribution is 5.96. The van der Waals surface area contributed by atoms with Gasteiger partial charge in [-0.3, -0.25) is 0 Å². The van der Waals surface area contributed by atoms with E-state index in [0.29, 0.717) is 0 Å². The van der Waals surface area contributed by atoms with Crippen molar-refractivity contribution in [1.82, 2.24) is 0 Å². The number of nitrogens with zero attached hydrogens (tertiary/aromatic N) is 1. The van der Waals surface area contributed by atoms with Crippen molar-refractivity contribution in [2.24, 2.45) is 0 Å². The van der Waals surface area contributed by atoms with Gasteiger partial charge in [-0.1, -0.05) is 18.2 Å². The summed E-state index contributed by atoms with van der Waals surface area (Å²) < 4.78 is 13.0. The van der Waals surface area contributed by atoms with E-state index in [1.54, 1.807) is 6.07 Å². The molecule has 0 unspecified atom stereocenters. The lowest BCUT2D eigenvalue weighted by atomic mass is 10.1. The second-order valence-corrected chi connectivity index (χ2v) is 2.50. The zero-order chi connectivity index (χ0) is 10.6. The zero-order valence-electron chi connectivity index (χ0n) is 7.07. The summed E-state index contributed by atoms with van der Waals surface area (Å²) in [5, 5.41) is 16.9. The maximum atomic E-state index is 13.0. The Labute approximate surface area is 79.7 Å². The highest BCUT2D eigenvalue weighted by Gasteiger charge is 2.07. The lowest BCUT2D eigenvalue weighted by molar-refractivity contribution is -0.132. The molecule has 0 aromatic heterocycles. The van der Waals surface area contributed by atoms with Crippen LogP contribution < -0.4 is 0 Å². The van der Waals surface area contributed by atoms with Gasteiger partial charge >= 0.3 is 5.97 Å². The highest BCUT2D eigenvalue weighted by Crippen LogP contribution is 2.10. The first-order chi connectivity index (χ1) is 6.65. The zero-order valence-corrected chi connectivity index (χ0v) is 7.07. The van der Waals surface area contributed by atoms with Crippen molar-refractivity contribution in [1.29, 1.82) is 5.26 Å². The van der Waals surface area contributed by atoms with Gasteiger partial charge in [-0.25, -0.2) is 9.18 Å². The Balaban J connectivity index is 3.15. The number of carboxylic acids is 1. The van der Waals surface area contributed by atoms with Crippen LogP contribution in [-0.4, -0.2) is 11.1 Å². The predicted octanol–water partition coefficient (Wildman–Crippen LogP) is 1.82. The summed E-state index contributed by atoms with van der Waals surface area (Å²) >= 11 is 0. The Bertz CT molecular complexity index is 432. The Hall–Kier alpha value is -2.15. The number of halogens is 1. The summed E-state index contributed by atoms with van der Waals surface area (Å²) in [5.74, 6) is -1.92. The van der Waals surface area contributed by atoms with Gasteiger partial charge in [0.2, 0.25) is 0 Å². The van der Waals surface area contributed by atoms with Gasteiger partial charge in [0, 0.05) is 5.56 Å². The Kier molecular flexibility index (Phi) is 2.97. The first-order valence-corrected chi connectivity index (χ1v) is 3.75. The third-order valence-electron chi connectivity index (χ3n) is 1.56. The van der Waals surface area contributed by atoms with Gasteiger partial charge in [0.15, 0.2) is 0 Å². The molecule has 0 saturated heterocycles. The average molecular weight is 191 g/mol. The van der Waals surface area contributed by atoms with E-state index in [0.717, 1.165) is 6.08 Å². The number of carbonyl (C=O) groups is 1. The summed E-state index contributed by atoms with van der Waals surface area (Å²) in [6, 6.07) is 7.11. The van der Waals surface area contributed by atoms with Crippen molar-refractivity contribution in [3.05, 3.63) is 41.2 Å². The van der Waals surface area contributed by atoms with Crippen LogP contribution in [0.1, 0.15) is 5.56 Å². The van der Waals surface area contributed by atoms with E-state index in [-0.39, 0.29) is 5.56 Å². The summed E-state index contributed by atoms with van der Waals surface area (Å²) in [6.45, 7) is 0. The first-order valence-electron chi connectivity index (χ1n) is 3.75. The van der Waals surface area contributed by atoms with Crippen LogP contribution in [-0.2, 0) is 4.79 Å². The minimum atomic E-state index is -1.37. The van der Waals surface area contributed by atoms with E-state index >= 15 is 0 Å². The van der Waals surface area contributed by atoms with E-state index < -0.39 is 17.4 Å². The van der Waals surface area contributed by atoms with Gasteiger partial charge in [-0.2, -0.15) is 5.26 Å². The molecule has 0 aliphatic rings.